The maximum atomic E-state index is 12.5. The van der Waals surface area contributed by atoms with E-state index in [1.807, 2.05) is 30.3 Å². The highest BCUT2D eigenvalue weighted by molar-refractivity contribution is 7.19. The Morgan fingerprint density at radius 3 is 2.60 bits per heavy atom. The molecule has 1 aromatic carbocycles. The van der Waals surface area contributed by atoms with E-state index in [1.54, 1.807) is 6.07 Å². The van der Waals surface area contributed by atoms with Crippen LogP contribution in [0.25, 0.3) is 21.8 Å². The van der Waals surface area contributed by atoms with Crippen LogP contribution in [-0.4, -0.2) is 43.7 Å². The molecule has 1 aliphatic carbocycles. The van der Waals surface area contributed by atoms with Crippen molar-refractivity contribution in [3.63, 3.8) is 0 Å². The quantitative estimate of drug-likeness (QED) is 0.537. The Labute approximate surface area is 179 Å². The minimum absolute atomic E-state index is 0.0112. The van der Waals surface area contributed by atoms with Gasteiger partial charge in [0.05, 0.1) is 29.3 Å². The Balaban J connectivity index is 1.72. The largest absolute Gasteiger partial charge is 0.395 e. The highest BCUT2D eigenvalue weighted by Crippen LogP contribution is 2.38. The SMILES string of the molecule is O=c1ccc(-c2sc(NCCO)nc2-c2ccccc2)nn1CC1(O)CCCCC1. The molecule has 8 heteroatoms. The second-order valence-corrected chi connectivity index (χ2v) is 8.71. The number of aromatic nitrogens is 3. The summed E-state index contributed by atoms with van der Waals surface area (Å²) in [6, 6.07) is 13.0. The van der Waals surface area contributed by atoms with Crippen molar-refractivity contribution in [2.45, 2.75) is 44.2 Å². The molecule has 4 rings (SSSR count). The van der Waals surface area contributed by atoms with Gasteiger partial charge in [-0.3, -0.25) is 4.79 Å². The number of anilines is 1. The van der Waals surface area contributed by atoms with E-state index >= 15 is 0 Å². The first kappa shape index (κ1) is 20.7. The van der Waals surface area contributed by atoms with E-state index in [1.165, 1.54) is 22.1 Å². The van der Waals surface area contributed by atoms with Crippen molar-refractivity contribution in [1.29, 1.82) is 0 Å². The van der Waals surface area contributed by atoms with E-state index < -0.39 is 5.60 Å². The molecule has 30 heavy (non-hydrogen) atoms. The number of hydrogen-bond acceptors (Lipinski definition) is 7. The average Bonchev–Trinajstić information content (AvgIpc) is 3.19. The molecule has 0 spiro atoms. The predicted molar refractivity (Wildman–Crippen MR) is 119 cm³/mol. The van der Waals surface area contributed by atoms with Gasteiger partial charge in [0.15, 0.2) is 5.13 Å². The summed E-state index contributed by atoms with van der Waals surface area (Å²) in [7, 11) is 0. The number of aliphatic hydroxyl groups is 2. The third-order valence-corrected chi connectivity index (χ3v) is 6.43. The normalized spacial score (nSPS) is 15.8. The summed E-state index contributed by atoms with van der Waals surface area (Å²) in [6.07, 6.45) is 4.44. The molecular formula is C22H26N4O3S. The summed E-state index contributed by atoms with van der Waals surface area (Å²) in [5.74, 6) is 0. The molecule has 0 unspecified atom stereocenters. The van der Waals surface area contributed by atoms with Crippen LogP contribution in [0.2, 0.25) is 0 Å². The number of hydrogen-bond donors (Lipinski definition) is 3. The van der Waals surface area contributed by atoms with E-state index in [0.29, 0.717) is 30.2 Å². The maximum absolute atomic E-state index is 12.5. The van der Waals surface area contributed by atoms with Crippen LogP contribution < -0.4 is 10.9 Å². The van der Waals surface area contributed by atoms with Gasteiger partial charge in [0.25, 0.3) is 5.56 Å². The summed E-state index contributed by atoms with van der Waals surface area (Å²) in [5, 5.41) is 28.4. The Bertz CT molecular complexity index is 1040. The van der Waals surface area contributed by atoms with Crippen LogP contribution in [0.1, 0.15) is 32.1 Å². The number of aliphatic hydroxyl groups excluding tert-OH is 1. The fraction of sp³-hybridized carbons (Fsp3) is 0.409. The van der Waals surface area contributed by atoms with Crippen LogP contribution >= 0.6 is 11.3 Å². The molecule has 7 nitrogen and oxygen atoms in total. The highest BCUT2D eigenvalue weighted by atomic mass is 32.1. The molecule has 0 aliphatic heterocycles. The van der Waals surface area contributed by atoms with E-state index in [9.17, 15) is 9.90 Å². The van der Waals surface area contributed by atoms with Gasteiger partial charge in [-0.1, -0.05) is 60.9 Å². The minimum Gasteiger partial charge on any atom is -0.395 e. The van der Waals surface area contributed by atoms with E-state index in [0.717, 1.165) is 35.4 Å². The van der Waals surface area contributed by atoms with Crippen molar-refractivity contribution in [3.8, 4) is 21.8 Å². The first-order valence-corrected chi connectivity index (χ1v) is 11.1. The van der Waals surface area contributed by atoms with Crippen molar-refractivity contribution in [2.75, 3.05) is 18.5 Å². The van der Waals surface area contributed by atoms with Crippen LogP contribution in [-0.2, 0) is 6.54 Å². The van der Waals surface area contributed by atoms with Gasteiger partial charge in [-0.05, 0) is 18.9 Å². The first-order chi connectivity index (χ1) is 14.6. The van der Waals surface area contributed by atoms with Crippen LogP contribution in [0.3, 0.4) is 0 Å². The molecule has 1 aliphatic rings. The zero-order valence-corrected chi connectivity index (χ0v) is 17.6. The van der Waals surface area contributed by atoms with Gasteiger partial charge in [-0.25, -0.2) is 9.67 Å². The number of rotatable bonds is 7. The monoisotopic (exact) mass is 426 g/mol. The number of nitrogens with one attached hydrogen (secondary N) is 1. The molecule has 0 atom stereocenters. The number of benzene rings is 1. The molecule has 0 bridgehead atoms. The smallest absolute Gasteiger partial charge is 0.266 e. The lowest BCUT2D eigenvalue weighted by atomic mass is 9.85. The standard InChI is InChI=1S/C22H26N4O3S/c27-14-13-23-21-24-19(16-7-3-1-4-8-16)20(30-21)17-9-10-18(28)26(25-17)15-22(29)11-5-2-6-12-22/h1,3-4,7-10,27,29H,2,5-6,11-15H2,(H,23,24). The summed E-state index contributed by atoms with van der Waals surface area (Å²) in [4.78, 5) is 18.0. The molecule has 2 aromatic heterocycles. The molecular weight excluding hydrogens is 400 g/mol. The second-order valence-electron chi connectivity index (χ2n) is 7.71. The Hall–Kier alpha value is -2.55. The molecule has 0 saturated heterocycles. The molecule has 0 radical (unpaired) electrons. The molecule has 1 fully saturated rings. The first-order valence-electron chi connectivity index (χ1n) is 10.3. The van der Waals surface area contributed by atoms with Crippen molar-refractivity contribution in [1.82, 2.24) is 14.8 Å². The van der Waals surface area contributed by atoms with E-state index in [2.05, 4.69) is 10.4 Å². The van der Waals surface area contributed by atoms with Gasteiger partial charge < -0.3 is 15.5 Å². The van der Waals surface area contributed by atoms with Crippen LogP contribution in [0.5, 0.6) is 0 Å². The van der Waals surface area contributed by atoms with Gasteiger partial charge in [-0.15, -0.1) is 0 Å². The lowest BCUT2D eigenvalue weighted by Gasteiger charge is -2.31. The summed E-state index contributed by atoms with van der Waals surface area (Å²) >= 11 is 1.43. The van der Waals surface area contributed by atoms with Crippen molar-refractivity contribution in [3.05, 3.63) is 52.8 Å². The molecule has 1 saturated carbocycles. The third kappa shape index (κ3) is 4.61. The van der Waals surface area contributed by atoms with Crippen molar-refractivity contribution in [2.24, 2.45) is 0 Å². The maximum Gasteiger partial charge on any atom is 0.266 e. The van der Waals surface area contributed by atoms with E-state index in [4.69, 9.17) is 10.1 Å². The summed E-state index contributed by atoms with van der Waals surface area (Å²) in [6.45, 7) is 0.618. The molecule has 2 heterocycles. The van der Waals surface area contributed by atoms with Crippen LogP contribution in [0.4, 0.5) is 5.13 Å². The van der Waals surface area contributed by atoms with Crippen molar-refractivity contribution < 1.29 is 10.2 Å². The average molecular weight is 427 g/mol. The second kappa shape index (κ2) is 9.07. The van der Waals surface area contributed by atoms with Crippen LogP contribution in [0, 0.1) is 0 Å². The molecule has 3 N–H and O–H groups in total. The van der Waals surface area contributed by atoms with Crippen molar-refractivity contribution >= 4 is 16.5 Å². The van der Waals surface area contributed by atoms with Crippen LogP contribution in [0.15, 0.2) is 47.3 Å². The lowest BCUT2D eigenvalue weighted by Crippen LogP contribution is -2.40. The lowest BCUT2D eigenvalue weighted by molar-refractivity contribution is -0.0153. The molecule has 158 valence electrons. The highest BCUT2D eigenvalue weighted by Gasteiger charge is 2.30. The third-order valence-electron chi connectivity index (χ3n) is 5.39. The fourth-order valence-corrected chi connectivity index (χ4v) is 4.83. The minimum atomic E-state index is -0.877. The zero-order valence-electron chi connectivity index (χ0n) is 16.8. The van der Waals surface area contributed by atoms with Gasteiger partial charge in [0.2, 0.25) is 0 Å². The summed E-state index contributed by atoms with van der Waals surface area (Å²) < 4.78 is 1.38. The van der Waals surface area contributed by atoms with Gasteiger partial charge in [0, 0.05) is 18.2 Å². The zero-order chi connectivity index (χ0) is 21.0. The van der Waals surface area contributed by atoms with Gasteiger partial charge >= 0.3 is 0 Å². The Kier molecular flexibility index (Phi) is 6.26. The number of thiazole rings is 1. The number of nitrogens with zero attached hydrogens (tertiary/aromatic N) is 3. The van der Waals surface area contributed by atoms with E-state index in [-0.39, 0.29) is 18.7 Å². The topological polar surface area (TPSA) is 100 Å². The van der Waals surface area contributed by atoms with Gasteiger partial charge in [0.1, 0.15) is 5.69 Å². The predicted octanol–water partition coefficient (Wildman–Crippen LogP) is 3.13. The Morgan fingerprint density at radius 2 is 1.87 bits per heavy atom. The molecule has 3 aromatic rings. The Morgan fingerprint density at radius 1 is 1.10 bits per heavy atom. The van der Waals surface area contributed by atoms with Gasteiger partial charge in [-0.2, -0.15) is 5.10 Å². The fourth-order valence-electron chi connectivity index (χ4n) is 3.85. The molecule has 0 amide bonds. The summed E-state index contributed by atoms with van der Waals surface area (Å²) in [5.41, 5.74) is 1.27.